The minimum Gasteiger partial charge on any atom is -0.484 e. The summed E-state index contributed by atoms with van der Waals surface area (Å²) in [7, 11) is 0. The summed E-state index contributed by atoms with van der Waals surface area (Å²) < 4.78 is 5.59. The summed E-state index contributed by atoms with van der Waals surface area (Å²) in [6, 6.07) is 34.7. The molecule has 0 radical (unpaired) electrons. The average molecular weight is 538 g/mol. The molecular weight excluding hydrogens is 506 g/mol. The van der Waals surface area contributed by atoms with E-state index in [1.807, 2.05) is 91.5 Å². The average Bonchev–Trinajstić information content (AvgIpc) is 2.98. The molecule has 0 unspecified atom stereocenters. The van der Waals surface area contributed by atoms with Gasteiger partial charge < -0.3 is 10.1 Å². The minimum absolute atomic E-state index is 0.0782. The van der Waals surface area contributed by atoms with Crippen molar-refractivity contribution in [3.05, 3.63) is 137 Å². The molecule has 2 amide bonds. The van der Waals surface area contributed by atoms with Crippen LogP contribution in [0.15, 0.2) is 114 Å². The quantitative estimate of drug-likeness (QED) is 0.168. The van der Waals surface area contributed by atoms with E-state index in [4.69, 9.17) is 4.74 Å². The van der Waals surface area contributed by atoms with Crippen LogP contribution in [0.25, 0.3) is 0 Å². The SMILES string of the molecule is C[C@@H](NC(=O)COc1ccc(/C=N\NC(=O)c2ccc(CSCc3ccccc3)cc2)cc1)c1ccccc1. The van der Waals surface area contributed by atoms with Crippen molar-refractivity contribution in [3.8, 4) is 5.75 Å². The van der Waals surface area contributed by atoms with Crippen molar-refractivity contribution in [2.24, 2.45) is 5.10 Å². The van der Waals surface area contributed by atoms with Crippen molar-refractivity contribution in [2.75, 3.05) is 6.61 Å². The van der Waals surface area contributed by atoms with Gasteiger partial charge in [0.1, 0.15) is 5.75 Å². The lowest BCUT2D eigenvalue weighted by atomic mass is 10.1. The zero-order valence-electron chi connectivity index (χ0n) is 21.7. The van der Waals surface area contributed by atoms with Gasteiger partial charge >= 0.3 is 0 Å². The highest BCUT2D eigenvalue weighted by Crippen LogP contribution is 2.18. The summed E-state index contributed by atoms with van der Waals surface area (Å²) >= 11 is 1.84. The van der Waals surface area contributed by atoms with Crippen LogP contribution in [-0.4, -0.2) is 24.6 Å². The van der Waals surface area contributed by atoms with Crippen molar-refractivity contribution in [1.82, 2.24) is 10.7 Å². The number of carbonyl (C=O) groups is 2. The number of hydrogen-bond donors (Lipinski definition) is 2. The zero-order valence-corrected chi connectivity index (χ0v) is 22.6. The van der Waals surface area contributed by atoms with E-state index >= 15 is 0 Å². The molecule has 4 rings (SSSR count). The Morgan fingerprint density at radius 3 is 2.10 bits per heavy atom. The van der Waals surface area contributed by atoms with Crippen molar-refractivity contribution in [2.45, 2.75) is 24.5 Å². The van der Waals surface area contributed by atoms with Gasteiger partial charge in [-0.25, -0.2) is 5.43 Å². The number of hydrogen-bond acceptors (Lipinski definition) is 5. The van der Waals surface area contributed by atoms with Crippen LogP contribution >= 0.6 is 11.8 Å². The third-order valence-electron chi connectivity index (χ3n) is 5.90. The van der Waals surface area contributed by atoms with Gasteiger partial charge in [-0.3, -0.25) is 9.59 Å². The summed E-state index contributed by atoms with van der Waals surface area (Å²) in [5.74, 6) is 1.94. The normalized spacial score (nSPS) is 11.6. The van der Waals surface area contributed by atoms with Crippen LogP contribution in [0, 0.1) is 0 Å². The van der Waals surface area contributed by atoms with Crippen LogP contribution in [0.4, 0.5) is 0 Å². The molecule has 4 aromatic rings. The number of nitrogens with one attached hydrogen (secondary N) is 2. The fourth-order valence-corrected chi connectivity index (χ4v) is 4.71. The van der Waals surface area contributed by atoms with Crippen molar-refractivity contribution in [3.63, 3.8) is 0 Å². The monoisotopic (exact) mass is 537 g/mol. The molecule has 1 atom stereocenters. The maximum absolute atomic E-state index is 12.4. The van der Waals surface area contributed by atoms with Crippen LogP contribution in [0.2, 0.25) is 0 Å². The maximum atomic E-state index is 12.4. The molecule has 0 heterocycles. The fraction of sp³-hybridized carbons (Fsp3) is 0.156. The standard InChI is InChI=1S/C32H31N3O3S/c1-24(28-10-6-3-7-11-28)34-31(36)21-38-30-18-14-25(15-19-30)20-33-35-32(37)29-16-12-27(13-17-29)23-39-22-26-8-4-2-5-9-26/h2-20,24H,21-23H2,1H3,(H,34,36)(H,35,37)/b33-20-/t24-/m1/s1. The molecule has 0 saturated heterocycles. The third kappa shape index (κ3) is 9.16. The van der Waals surface area contributed by atoms with Gasteiger partial charge in [0.2, 0.25) is 0 Å². The Morgan fingerprint density at radius 2 is 1.44 bits per heavy atom. The molecule has 0 aromatic heterocycles. The Kier molecular flexibility index (Phi) is 10.3. The summed E-state index contributed by atoms with van der Waals surface area (Å²) in [6.07, 6.45) is 1.56. The molecule has 0 aliphatic heterocycles. The smallest absolute Gasteiger partial charge is 0.271 e. The van der Waals surface area contributed by atoms with Crippen LogP contribution in [-0.2, 0) is 16.3 Å². The van der Waals surface area contributed by atoms with Crippen LogP contribution in [0.1, 0.15) is 45.6 Å². The predicted molar refractivity (Wildman–Crippen MR) is 158 cm³/mol. The Bertz CT molecular complexity index is 1360. The molecule has 0 aliphatic rings. The summed E-state index contributed by atoms with van der Waals surface area (Å²) in [6.45, 7) is 1.85. The van der Waals surface area contributed by atoms with E-state index in [-0.39, 0.29) is 24.5 Å². The second-order valence-corrected chi connectivity index (χ2v) is 9.92. The van der Waals surface area contributed by atoms with Crippen LogP contribution in [0.5, 0.6) is 5.75 Å². The zero-order chi connectivity index (χ0) is 27.3. The first-order valence-corrected chi connectivity index (χ1v) is 13.8. The minimum atomic E-state index is -0.273. The van der Waals surface area contributed by atoms with Gasteiger partial charge in [-0.05, 0) is 65.6 Å². The number of nitrogens with zero attached hydrogens (tertiary/aromatic N) is 1. The van der Waals surface area contributed by atoms with Gasteiger partial charge in [0.05, 0.1) is 12.3 Å². The number of ether oxygens (including phenoxy) is 1. The van der Waals surface area contributed by atoms with Gasteiger partial charge in [-0.2, -0.15) is 16.9 Å². The molecule has 0 spiro atoms. The third-order valence-corrected chi connectivity index (χ3v) is 6.98. The lowest BCUT2D eigenvalue weighted by Gasteiger charge is -2.14. The van der Waals surface area contributed by atoms with E-state index in [2.05, 4.69) is 28.0 Å². The highest BCUT2D eigenvalue weighted by Gasteiger charge is 2.10. The number of thioether (sulfide) groups is 1. The topological polar surface area (TPSA) is 79.8 Å². The Hall–Kier alpha value is -4.36. The lowest BCUT2D eigenvalue weighted by Crippen LogP contribution is -2.31. The van der Waals surface area contributed by atoms with Gasteiger partial charge in [-0.1, -0.05) is 72.8 Å². The molecule has 39 heavy (non-hydrogen) atoms. The van der Waals surface area contributed by atoms with E-state index in [0.717, 1.165) is 22.6 Å². The first-order valence-electron chi connectivity index (χ1n) is 12.7. The van der Waals surface area contributed by atoms with E-state index in [1.165, 1.54) is 11.1 Å². The van der Waals surface area contributed by atoms with E-state index in [0.29, 0.717) is 11.3 Å². The summed E-state index contributed by atoms with van der Waals surface area (Å²) in [4.78, 5) is 24.6. The second kappa shape index (κ2) is 14.5. The van der Waals surface area contributed by atoms with Crippen molar-refractivity contribution >= 4 is 29.8 Å². The van der Waals surface area contributed by atoms with Gasteiger partial charge in [0, 0.05) is 17.1 Å². The Labute approximate surface area is 233 Å². The molecule has 4 aromatic carbocycles. The summed E-state index contributed by atoms with van der Waals surface area (Å²) in [5, 5.41) is 6.98. The van der Waals surface area contributed by atoms with Crippen LogP contribution < -0.4 is 15.5 Å². The molecular formula is C32H31N3O3S. The number of rotatable bonds is 12. The number of hydrazone groups is 1. The number of carbonyl (C=O) groups excluding carboxylic acids is 2. The Balaban J connectivity index is 1.17. The van der Waals surface area contributed by atoms with Gasteiger partial charge in [-0.15, -0.1) is 0 Å². The fourth-order valence-electron chi connectivity index (χ4n) is 3.75. The van der Waals surface area contributed by atoms with E-state index in [1.54, 1.807) is 30.5 Å². The largest absolute Gasteiger partial charge is 0.484 e. The summed E-state index contributed by atoms with van der Waals surface area (Å²) in [5.41, 5.74) is 7.40. The molecule has 0 fully saturated rings. The van der Waals surface area contributed by atoms with Gasteiger partial charge in [0.25, 0.3) is 11.8 Å². The first-order chi connectivity index (χ1) is 19.1. The second-order valence-electron chi connectivity index (χ2n) is 8.93. The van der Waals surface area contributed by atoms with E-state index in [9.17, 15) is 9.59 Å². The van der Waals surface area contributed by atoms with Crippen molar-refractivity contribution < 1.29 is 14.3 Å². The molecule has 2 N–H and O–H groups in total. The molecule has 0 aliphatic carbocycles. The maximum Gasteiger partial charge on any atom is 0.271 e. The molecule has 198 valence electrons. The number of benzene rings is 4. The predicted octanol–water partition coefficient (Wildman–Crippen LogP) is 6.14. The number of amides is 2. The van der Waals surface area contributed by atoms with E-state index < -0.39 is 0 Å². The molecule has 7 heteroatoms. The Morgan fingerprint density at radius 1 is 0.821 bits per heavy atom. The van der Waals surface area contributed by atoms with Crippen LogP contribution in [0.3, 0.4) is 0 Å². The van der Waals surface area contributed by atoms with Crippen molar-refractivity contribution in [1.29, 1.82) is 0 Å². The molecule has 6 nitrogen and oxygen atoms in total. The molecule has 0 saturated carbocycles. The van der Waals surface area contributed by atoms with Gasteiger partial charge in [0.15, 0.2) is 6.61 Å². The lowest BCUT2D eigenvalue weighted by molar-refractivity contribution is -0.123. The highest BCUT2D eigenvalue weighted by molar-refractivity contribution is 7.97. The molecule has 0 bridgehead atoms. The first kappa shape index (κ1) is 27.7. The highest BCUT2D eigenvalue weighted by atomic mass is 32.2.